The number of nitrogens with one attached hydrogen (secondary N) is 2. The van der Waals surface area contributed by atoms with Crippen molar-refractivity contribution in [3.8, 4) is 0 Å². The molecule has 6 heteroatoms. The van der Waals surface area contributed by atoms with Gasteiger partial charge in [-0.3, -0.25) is 0 Å². The molecule has 0 aliphatic carbocycles. The topological polar surface area (TPSA) is 49.8 Å². The molecule has 1 aromatic carbocycles. The Labute approximate surface area is 126 Å². The van der Waals surface area contributed by atoms with Gasteiger partial charge in [-0.2, -0.15) is 0 Å². The van der Waals surface area contributed by atoms with Gasteiger partial charge in [0, 0.05) is 12.1 Å². The molecule has 3 aromatic rings. The monoisotopic (exact) mass is 306 g/mol. The highest BCUT2D eigenvalue weighted by Crippen LogP contribution is 2.34. The second-order valence-electron chi connectivity index (χ2n) is 5.42. The molecule has 4 nitrogen and oxygen atoms in total. The predicted molar refractivity (Wildman–Crippen MR) is 90.3 cm³/mol. The minimum Gasteiger partial charge on any atom is -0.359 e. The first kappa shape index (κ1) is 13.6. The smallest absolute Gasteiger partial charge is 0.183 e. The van der Waals surface area contributed by atoms with E-state index >= 15 is 0 Å². The first-order chi connectivity index (χ1) is 9.51. The van der Waals surface area contributed by atoms with Gasteiger partial charge in [-0.1, -0.05) is 22.7 Å². The summed E-state index contributed by atoms with van der Waals surface area (Å²) in [5.41, 5.74) is 2.09. The summed E-state index contributed by atoms with van der Waals surface area (Å²) in [5.74, 6) is 0. The van der Waals surface area contributed by atoms with Crippen LogP contribution in [-0.4, -0.2) is 22.1 Å². The number of rotatable bonds is 4. The minimum atomic E-state index is 0.400. The van der Waals surface area contributed by atoms with Crippen LogP contribution >= 0.6 is 22.7 Å². The van der Waals surface area contributed by atoms with Crippen LogP contribution in [0.3, 0.4) is 0 Å². The Kier molecular flexibility index (Phi) is 3.52. The lowest BCUT2D eigenvalue weighted by molar-refractivity contribution is 0.897. The summed E-state index contributed by atoms with van der Waals surface area (Å²) in [6, 6.07) is 5.07. The van der Waals surface area contributed by atoms with Crippen molar-refractivity contribution >= 4 is 53.4 Å². The van der Waals surface area contributed by atoms with Gasteiger partial charge < -0.3 is 10.6 Å². The standard InChI is InChI=1S/C14H18N4S2/c1-7(2)15-13-17-9-5-12-10(6-11(9)19-13)18-14(20-12)16-8(3)4/h5-8H,1-4H3,(H,15,17)(H,16,18). The minimum absolute atomic E-state index is 0.400. The van der Waals surface area contributed by atoms with Crippen LogP contribution in [0.4, 0.5) is 10.3 Å². The number of anilines is 2. The van der Waals surface area contributed by atoms with Gasteiger partial charge in [0.15, 0.2) is 10.3 Å². The quantitative estimate of drug-likeness (QED) is 0.742. The van der Waals surface area contributed by atoms with Crippen molar-refractivity contribution in [3.63, 3.8) is 0 Å². The van der Waals surface area contributed by atoms with Crippen LogP contribution < -0.4 is 10.6 Å². The molecule has 0 amide bonds. The number of fused-ring (bicyclic) bond motifs is 2. The van der Waals surface area contributed by atoms with E-state index in [1.165, 1.54) is 9.40 Å². The molecule has 2 N–H and O–H groups in total. The number of aromatic nitrogens is 2. The second kappa shape index (κ2) is 5.18. The third-order valence-corrected chi connectivity index (χ3v) is 4.62. The second-order valence-corrected chi connectivity index (χ2v) is 7.49. The van der Waals surface area contributed by atoms with E-state index in [0.717, 1.165) is 21.3 Å². The molecule has 2 aromatic heterocycles. The average molecular weight is 306 g/mol. The lowest BCUT2D eigenvalue weighted by atomic mass is 10.3. The fraction of sp³-hybridized carbons (Fsp3) is 0.429. The van der Waals surface area contributed by atoms with Crippen molar-refractivity contribution in [1.29, 1.82) is 0 Å². The zero-order valence-corrected chi connectivity index (χ0v) is 13.7. The fourth-order valence-electron chi connectivity index (χ4n) is 1.97. The van der Waals surface area contributed by atoms with Gasteiger partial charge in [-0.25, -0.2) is 9.97 Å². The number of hydrogen-bond acceptors (Lipinski definition) is 6. The zero-order valence-electron chi connectivity index (χ0n) is 12.0. The molecule has 106 valence electrons. The van der Waals surface area contributed by atoms with E-state index in [-0.39, 0.29) is 0 Å². The maximum Gasteiger partial charge on any atom is 0.183 e. The van der Waals surface area contributed by atoms with Gasteiger partial charge in [0.05, 0.1) is 20.4 Å². The molecule has 0 aliphatic heterocycles. The molecule has 0 aliphatic rings. The van der Waals surface area contributed by atoms with Gasteiger partial charge in [0.2, 0.25) is 0 Å². The van der Waals surface area contributed by atoms with Crippen molar-refractivity contribution in [2.75, 3.05) is 10.6 Å². The molecule has 0 unspecified atom stereocenters. The molecule has 0 bridgehead atoms. The molecule has 2 heterocycles. The van der Waals surface area contributed by atoms with Crippen molar-refractivity contribution in [2.24, 2.45) is 0 Å². The third kappa shape index (κ3) is 2.71. The average Bonchev–Trinajstić information content (AvgIpc) is 2.84. The first-order valence-corrected chi connectivity index (χ1v) is 8.39. The number of thiazole rings is 2. The Bertz CT molecular complexity index is 631. The van der Waals surface area contributed by atoms with Gasteiger partial charge in [0.25, 0.3) is 0 Å². The molecule has 3 rings (SSSR count). The van der Waals surface area contributed by atoms with Crippen LogP contribution in [-0.2, 0) is 0 Å². The van der Waals surface area contributed by atoms with E-state index < -0.39 is 0 Å². The fourth-order valence-corrected chi connectivity index (χ4v) is 4.02. The van der Waals surface area contributed by atoms with E-state index in [0.29, 0.717) is 12.1 Å². The normalized spacial score (nSPS) is 11.9. The Hall–Kier alpha value is -1.40. The van der Waals surface area contributed by atoms with E-state index in [4.69, 9.17) is 0 Å². The van der Waals surface area contributed by atoms with E-state index in [2.05, 4.69) is 60.4 Å². The zero-order chi connectivity index (χ0) is 14.3. The SMILES string of the molecule is CC(C)Nc1nc2cc3sc(NC(C)C)nc3cc2s1. The Morgan fingerprint density at radius 3 is 1.55 bits per heavy atom. The highest BCUT2D eigenvalue weighted by molar-refractivity contribution is 7.23. The molecular weight excluding hydrogens is 288 g/mol. The first-order valence-electron chi connectivity index (χ1n) is 6.75. The summed E-state index contributed by atoms with van der Waals surface area (Å²) in [7, 11) is 0. The molecular formula is C14H18N4S2. The molecule has 0 atom stereocenters. The number of hydrogen-bond donors (Lipinski definition) is 2. The summed E-state index contributed by atoms with van der Waals surface area (Å²) < 4.78 is 2.36. The van der Waals surface area contributed by atoms with Gasteiger partial charge >= 0.3 is 0 Å². The van der Waals surface area contributed by atoms with Crippen molar-refractivity contribution < 1.29 is 0 Å². The maximum atomic E-state index is 4.64. The number of benzene rings is 1. The summed E-state index contributed by atoms with van der Waals surface area (Å²) in [5, 5.41) is 8.67. The van der Waals surface area contributed by atoms with E-state index in [9.17, 15) is 0 Å². The van der Waals surface area contributed by atoms with Crippen LogP contribution in [0.2, 0.25) is 0 Å². The molecule has 20 heavy (non-hydrogen) atoms. The number of nitrogens with zero attached hydrogens (tertiary/aromatic N) is 2. The van der Waals surface area contributed by atoms with Crippen LogP contribution in [0, 0.1) is 0 Å². The lowest BCUT2D eigenvalue weighted by Gasteiger charge is -2.03. The Balaban J connectivity index is 2.01. The molecule has 0 saturated heterocycles. The third-order valence-electron chi connectivity index (χ3n) is 2.72. The highest BCUT2D eigenvalue weighted by Gasteiger charge is 2.10. The molecule has 0 radical (unpaired) electrons. The largest absolute Gasteiger partial charge is 0.359 e. The van der Waals surface area contributed by atoms with Crippen molar-refractivity contribution in [3.05, 3.63) is 12.1 Å². The van der Waals surface area contributed by atoms with Gasteiger partial charge in [0.1, 0.15) is 0 Å². The Morgan fingerprint density at radius 1 is 0.800 bits per heavy atom. The van der Waals surface area contributed by atoms with Gasteiger partial charge in [-0.15, -0.1) is 0 Å². The van der Waals surface area contributed by atoms with E-state index in [1.807, 2.05) is 0 Å². The van der Waals surface area contributed by atoms with Crippen molar-refractivity contribution in [2.45, 2.75) is 39.8 Å². The van der Waals surface area contributed by atoms with Crippen LogP contribution in [0.25, 0.3) is 20.4 Å². The maximum absolute atomic E-state index is 4.64. The van der Waals surface area contributed by atoms with Crippen LogP contribution in [0.5, 0.6) is 0 Å². The summed E-state index contributed by atoms with van der Waals surface area (Å²) in [6.07, 6.45) is 0. The lowest BCUT2D eigenvalue weighted by Crippen LogP contribution is -2.08. The Morgan fingerprint density at radius 2 is 1.20 bits per heavy atom. The van der Waals surface area contributed by atoms with Crippen LogP contribution in [0.1, 0.15) is 27.7 Å². The molecule has 0 saturated carbocycles. The molecule has 0 fully saturated rings. The summed E-state index contributed by atoms with van der Waals surface area (Å²) in [6.45, 7) is 8.48. The van der Waals surface area contributed by atoms with Crippen LogP contribution in [0.15, 0.2) is 12.1 Å². The highest BCUT2D eigenvalue weighted by atomic mass is 32.1. The van der Waals surface area contributed by atoms with Crippen molar-refractivity contribution in [1.82, 2.24) is 9.97 Å². The summed E-state index contributed by atoms with van der Waals surface area (Å²) >= 11 is 3.37. The van der Waals surface area contributed by atoms with E-state index in [1.54, 1.807) is 22.7 Å². The van der Waals surface area contributed by atoms with Gasteiger partial charge in [-0.05, 0) is 39.8 Å². The molecule has 0 spiro atoms. The predicted octanol–water partition coefficient (Wildman–Crippen LogP) is 4.55. The summed E-state index contributed by atoms with van der Waals surface area (Å²) in [4.78, 5) is 9.28.